The monoisotopic (exact) mass is 283 g/mol. The first kappa shape index (κ1) is 12.8. The van der Waals surface area contributed by atoms with Crippen LogP contribution in [0.15, 0.2) is 35.3 Å². The standard InChI is InChI=1S/C12H14BrNO2/c1-3-6-14-12(15)8-16-11-7-10(13)5-4-9(11)2/h3-5,7H,1,6,8H2,2H3,(H,14,15). The highest BCUT2D eigenvalue weighted by atomic mass is 79.9. The van der Waals surface area contributed by atoms with Gasteiger partial charge in [0.05, 0.1) is 0 Å². The van der Waals surface area contributed by atoms with Crippen LogP contribution >= 0.6 is 15.9 Å². The Morgan fingerprint density at radius 1 is 1.62 bits per heavy atom. The highest BCUT2D eigenvalue weighted by Gasteiger charge is 2.04. The molecular weight excluding hydrogens is 270 g/mol. The lowest BCUT2D eigenvalue weighted by Crippen LogP contribution is -2.28. The number of benzene rings is 1. The summed E-state index contributed by atoms with van der Waals surface area (Å²) in [5.74, 6) is 0.558. The second-order valence-corrected chi connectivity index (χ2v) is 4.21. The number of halogens is 1. The number of amides is 1. The van der Waals surface area contributed by atoms with Gasteiger partial charge in [-0.2, -0.15) is 0 Å². The Morgan fingerprint density at radius 3 is 3.06 bits per heavy atom. The summed E-state index contributed by atoms with van der Waals surface area (Å²) in [5.41, 5.74) is 1.000. The van der Waals surface area contributed by atoms with Gasteiger partial charge in [0.25, 0.3) is 5.91 Å². The van der Waals surface area contributed by atoms with Crippen molar-refractivity contribution in [2.24, 2.45) is 0 Å². The van der Waals surface area contributed by atoms with E-state index in [4.69, 9.17) is 4.74 Å². The molecule has 1 amide bonds. The van der Waals surface area contributed by atoms with Crippen LogP contribution in [0.5, 0.6) is 5.75 Å². The quantitative estimate of drug-likeness (QED) is 0.843. The third kappa shape index (κ3) is 4.06. The van der Waals surface area contributed by atoms with Crippen LogP contribution in [-0.4, -0.2) is 19.1 Å². The Kier molecular flexibility index (Phi) is 5.05. The molecule has 0 fully saturated rings. The van der Waals surface area contributed by atoms with E-state index < -0.39 is 0 Å². The Morgan fingerprint density at radius 2 is 2.38 bits per heavy atom. The smallest absolute Gasteiger partial charge is 0.258 e. The topological polar surface area (TPSA) is 38.3 Å². The molecule has 0 heterocycles. The summed E-state index contributed by atoms with van der Waals surface area (Å²) in [4.78, 5) is 11.3. The third-order valence-corrected chi connectivity index (χ3v) is 2.45. The molecule has 0 aliphatic heterocycles. The van der Waals surface area contributed by atoms with E-state index in [1.54, 1.807) is 6.08 Å². The van der Waals surface area contributed by atoms with Crippen molar-refractivity contribution in [2.45, 2.75) is 6.92 Å². The van der Waals surface area contributed by atoms with Gasteiger partial charge in [-0.1, -0.05) is 28.1 Å². The molecule has 0 saturated carbocycles. The predicted molar refractivity (Wildman–Crippen MR) is 67.6 cm³/mol. The molecule has 0 radical (unpaired) electrons. The zero-order valence-corrected chi connectivity index (χ0v) is 10.7. The van der Waals surface area contributed by atoms with Gasteiger partial charge >= 0.3 is 0 Å². The minimum atomic E-state index is -0.153. The highest BCUT2D eigenvalue weighted by molar-refractivity contribution is 9.10. The van der Waals surface area contributed by atoms with Crippen LogP contribution in [-0.2, 0) is 4.79 Å². The summed E-state index contributed by atoms with van der Waals surface area (Å²) < 4.78 is 6.33. The molecule has 0 bridgehead atoms. The van der Waals surface area contributed by atoms with Crippen LogP contribution in [0.2, 0.25) is 0 Å². The largest absolute Gasteiger partial charge is 0.483 e. The van der Waals surface area contributed by atoms with Crippen LogP contribution in [0, 0.1) is 6.92 Å². The van der Waals surface area contributed by atoms with Gasteiger partial charge in [0, 0.05) is 11.0 Å². The van der Waals surface area contributed by atoms with E-state index in [2.05, 4.69) is 27.8 Å². The fourth-order valence-corrected chi connectivity index (χ4v) is 1.45. The van der Waals surface area contributed by atoms with Gasteiger partial charge in [-0.05, 0) is 24.6 Å². The van der Waals surface area contributed by atoms with Gasteiger partial charge < -0.3 is 10.1 Å². The zero-order valence-electron chi connectivity index (χ0n) is 9.13. The zero-order chi connectivity index (χ0) is 12.0. The van der Waals surface area contributed by atoms with Crippen molar-refractivity contribution in [3.8, 4) is 5.75 Å². The van der Waals surface area contributed by atoms with Gasteiger partial charge in [-0.3, -0.25) is 4.79 Å². The van der Waals surface area contributed by atoms with Crippen molar-refractivity contribution in [1.82, 2.24) is 5.32 Å². The molecule has 16 heavy (non-hydrogen) atoms. The van der Waals surface area contributed by atoms with Gasteiger partial charge in [0.1, 0.15) is 5.75 Å². The lowest BCUT2D eigenvalue weighted by Gasteiger charge is -2.09. The van der Waals surface area contributed by atoms with E-state index in [1.165, 1.54) is 0 Å². The van der Waals surface area contributed by atoms with E-state index in [1.807, 2.05) is 25.1 Å². The number of hydrogen-bond acceptors (Lipinski definition) is 2. The van der Waals surface area contributed by atoms with Crippen LogP contribution < -0.4 is 10.1 Å². The van der Waals surface area contributed by atoms with Crippen LogP contribution in [0.25, 0.3) is 0 Å². The molecule has 0 aliphatic rings. The second-order valence-electron chi connectivity index (χ2n) is 3.29. The van der Waals surface area contributed by atoms with Crippen molar-refractivity contribution >= 4 is 21.8 Å². The number of rotatable bonds is 5. The summed E-state index contributed by atoms with van der Waals surface area (Å²) in [6.45, 7) is 5.93. The number of nitrogens with one attached hydrogen (secondary N) is 1. The Bertz CT molecular complexity index is 391. The van der Waals surface area contributed by atoms with Crippen molar-refractivity contribution in [3.63, 3.8) is 0 Å². The molecule has 1 rings (SSSR count). The van der Waals surface area contributed by atoms with Crippen molar-refractivity contribution in [2.75, 3.05) is 13.2 Å². The molecular formula is C12H14BrNO2. The van der Waals surface area contributed by atoms with E-state index >= 15 is 0 Å². The molecule has 1 aromatic rings. The lowest BCUT2D eigenvalue weighted by molar-refractivity contribution is -0.122. The average molecular weight is 284 g/mol. The maximum Gasteiger partial charge on any atom is 0.258 e. The van der Waals surface area contributed by atoms with Crippen molar-refractivity contribution in [1.29, 1.82) is 0 Å². The minimum Gasteiger partial charge on any atom is -0.483 e. The maximum atomic E-state index is 11.3. The lowest BCUT2D eigenvalue weighted by atomic mass is 10.2. The first-order chi connectivity index (χ1) is 7.63. The van der Waals surface area contributed by atoms with Crippen LogP contribution in [0.1, 0.15) is 5.56 Å². The normalized spacial score (nSPS) is 9.62. The predicted octanol–water partition coefficient (Wildman–Crippen LogP) is 2.44. The number of carbonyl (C=O) groups is 1. The molecule has 0 atom stereocenters. The van der Waals surface area contributed by atoms with Crippen LogP contribution in [0.3, 0.4) is 0 Å². The summed E-state index contributed by atoms with van der Waals surface area (Å²) in [7, 11) is 0. The first-order valence-electron chi connectivity index (χ1n) is 4.90. The summed E-state index contributed by atoms with van der Waals surface area (Å²) >= 11 is 3.35. The van der Waals surface area contributed by atoms with E-state index in [0.717, 1.165) is 10.0 Å². The highest BCUT2D eigenvalue weighted by Crippen LogP contribution is 2.22. The average Bonchev–Trinajstić information content (AvgIpc) is 2.27. The number of carbonyl (C=O) groups excluding carboxylic acids is 1. The molecule has 1 aromatic carbocycles. The Labute approximate surface area is 104 Å². The first-order valence-corrected chi connectivity index (χ1v) is 5.69. The van der Waals surface area contributed by atoms with E-state index in [0.29, 0.717) is 12.3 Å². The third-order valence-electron chi connectivity index (χ3n) is 1.95. The molecule has 0 saturated heterocycles. The van der Waals surface area contributed by atoms with Gasteiger partial charge in [-0.15, -0.1) is 6.58 Å². The van der Waals surface area contributed by atoms with Gasteiger partial charge in [-0.25, -0.2) is 0 Å². The number of aryl methyl sites for hydroxylation is 1. The molecule has 4 heteroatoms. The molecule has 0 unspecified atom stereocenters. The number of ether oxygens (including phenoxy) is 1. The SMILES string of the molecule is C=CCNC(=O)COc1cc(Br)ccc1C. The Balaban J connectivity index is 2.50. The van der Waals surface area contributed by atoms with Crippen molar-refractivity contribution < 1.29 is 9.53 Å². The Hall–Kier alpha value is -1.29. The van der Waals surface area contributed by atoms with E-state index in [9.17, 15) is 4.79 Å². The molecule has 3 nitrogen and oxygen atoms in total. The van der Waals surface area contributed by atoms with Crippen molar-refractivity contribution in [3.05, 3.63) is 40.9 Å². The minimum absolute atomic E-state index is 0.0190. The molecule has 1 N–H and O–H groups in total. The van der Waals surface area contributed by atoms with E-state index in [-0.39, 0.29) is 12.5 Å². The molecule has 86 valence electrons. The van der Waals surface area contributed by atoms with Gasteiger partial charge in [0.15, 0.2) is 6.61 Å². The summed E-state index contributed by atoms with van der Waals surface area (Å²) in [5, 5.41) is 2.64. The number of hydrogen-bond donors (Lipinski definition) is 1. The van der Waals surface area contributed by atoms with Gasteiger partial charge in [0.2, 0.25) is 0 Å². The van der Waals surface area contributed by atoms with Crippen LogP contribution in [0.4, 0.5) is 0 Å². The maximum absolute atomic E-state index is 11.3. The molecule has 0 aliphatic carbocycles. The molecule has 0 spiro atoms. The molecule has 0 aromatic heterocycles. The summed E-state index contributed by atoms with van der Waals surface area (Å²) in [6, 6.07) is 5.71. The second kappa shape index (κ2) is 6.33. The fraction of sp³-hybridized carbons (Fsp3) is 0.250. The fourth-order valence-electron chi connectivity index (χ4n) is 1.11. The summed E-state index contributed by atoms with van der Waals surface area (Å²) in [6.07, 6.45) is 1.63.